The molecule has 374 valence electrons. The minimum atomic E-state index is -1.57. The lowest BCUT2D eigenvalue weighted by atomic mass is 9.83. The summed E-state index contributed by atoms with van der Waals surface area (Å²) in [7, 11) is -1.57. The van der Waals surface area contributed by atoms with Gasteiger partial charge in [0, 0.05) is 39.0 Å². The quantitative estimate of drug-likeness (QED) is 0.0684. The standard InChI is InChI=1S/C74H58N2SSi/c1-77-63-43-37-59(38-44-63)75(57-33-29-53(30-34-57)51-17-7-5-8-18-51)61-41-47-69-71(49-61)73(67-27-15-23-55-21-11-13-25-65(55)67)70-48-42-62(50-72(70)74(69)68-28-16-24-56-22-12-14-26-66(56)68)76(60-39-45-64(46-40-60)78(2,3)4)58-35-31-54(32-36-58)52-19-9-6-10-20-52/h5-50H,1-4H3. The lowest BCUT2D eigenvalue weighted by Crippen LogP contribution is -2.37. The fourth-order valence-electron chi connectivity index (χ4n) is 11.6. The minimum absolute atomic E-state index is 1.08. The van der Waals surface area contributed by atoms with Crippen LogP contribution >= 0.6 is 11.8 Å². The van der Waals surface area contributed by atoms with Crippen LogP contribution in [0.4, 0.5) is 34.1 Å². The molecule has 0 saturated heterocycles. The van der Waals surface area contributed by atoms with E-state index in [9.17, 15) is 0 Å². The van der Waals surface area contributed by atoms with Crippen LogP contribution in [0.2, 0.25) is 19.6 Å². The van der Waals surface area contributed by atoms with Gasteiger partial charge in [0.1, 0.15) is 0 Å². The Labute approximate surface area is 463 Å². The number of benzene rings is 13. The maximum Gasteiger partial charge on any atom is 0.0775 e. The van der Waals surface area contributed by atoms with Gasteiger partial charge in [0.15, 0.2) is 0 Å². The van der Waals surface area contributed by atoms with Crippen LogP contribution in [-0.4, -0.2) is 14.3 Å². The fraction of sp³-hybridized carbons (Fsp3) is 0.0541. The van der Waals surface area contributed by atoms with Crippen molar-refractivity contribution in [2.45, 2.75) is 24.5 Å². The number of rotatable bonds is 12. The first-order chi connectivity index (χ1) is 38.3. The lowest BCUT2D eigenvalue weighted by molar-refractivity contribution is 1.27. The third kappa shape index (κ3) is 9.13. The number of thioether (sulfide) groups is 1. The van der Waals surface area contributed by atoms with Crippen molar-refractivity contribution < 1.29 is 0 Å². The van der Waals surface area contributed by atoms with Crippen LogP contribution in [-0.2, 0) is 0 Å². The van der Waals surface area contributed by atoms with Gasteiger partial charge in [-0.25, -0.2) is 0 Å². The third-order valence-electron chi connectivity index (χ3n) is 15.5. The summed E-state index contributed by atoms with van der Waals surface area (Å²) in [6.07, 6.45) is 2.14. The first kappa shape index (κ1) is 48.7. The molecule has 0 N–H and O–H groups in total. The molecule has 0 fully saturated rings. The summed E-state index contributed by atoms with van der Waals surface area (Å²) in [6.45, 7) is 7.26. The monoisotopic (exact) mass is 1030 g/mol. The first-order valence-electron chi connectivity index (χ1n) is 26.9. The van der Waals surface area contributed by atoms with Crippen molar-refractivity contribution in [2.75, 3.05) is 16.1 Å². The van der Waals surface area contributed by atoms with Crippen LogP contribution in [0.15, 0.2) is 284 Å². The second-order valence-corrected chi connectivity index (χ2v) is 27.2. The highest BCUT2D eigenvalue weighted by atomic mass is 32.2. The molecule has 4 heteroatoms. The summed E-state index contributed by atoms with van der Waals surface area (Å²) in [6, 6.07) is 104. The maximum absolute atomic E-state index is 2.47. The van der Waals surface area contributed by atoms with E-state index in [4.69, 9.17) is 0 Å². The molecular formula is C74H58N2SSi. The maximum atomic E-state index is 2.47. The molecule has 0 aliphatic heterocycles. The highest BCUT2D eigenvalue weighted by Gasteiger charge is 2.25. The second-order valence-electron chi connectivity index (χ2n) is 21.3. The lowest BCUT2D eigenvalue weighted by Gasteiger charge is -2.29. The van der Waals surface area contributed by atoms with Crippen molar-refractivity contribution >= 4 is 102 Å². The van der Waals surface area contributed by atoms with E-state index in [2.05, 4.69) is 315 Å². The van der Waals surface area contributed by atoms with Crippen molar-refractivity contribution in [3.05, 3.63) is 279 Å². The molecule has 13 aromatic rings. The van der Waals surface area contributed by atoms with Gasteiger partial charge >= 0.3 is 0 Å². The summed E-state index contributed by atoms with van der Waals surface area (Å²) in [5.74, 6) is 0. The number of nitrogens with zero attached hydrogens (tertiary/aromatic N) is 2. The van der Waals surface area contributed by atoms with Crippen molar-refractivity contribution in [1.29, 1.82) is 0 Å². The van der Waals surface area contributed by atoms with Crippen molar-refractivity contribution in [1.82, 2.24) is 0 Å². The second kappa shape index (κ2) is 20.5. The Balaban J connectivity index is 1.11. The van der Waals surface area contributed by atoms with Crippen LogP contribution in [0.3, 0.4) is 0 Å². The van der Waals surface area contributed by atoms with Gasteiger partial charge < -0.3 is 9.80 Å². The molecule has 0 saturated carbocycles. The molecule has 2 nitrogen and oxygen atoms in total. The zero-order valence-corrected chi connectivity index (χ0v) is 46.2. The van der Waals surface area contributed by atoms with Crippen LogP contribution in [0, 0.1) is 0 Å². The average Bonchev–Trinajstić information content (AvgIpc) is 3.57. The van der Waals surface area contributed by atoms with Gasteiger partial charge in [0.25, 0.3) is 0 Å². The van der Waals surface area contributed by atoms with E-state index in [1.54, 1.807) is 11.8 Å². The molecule has 0 amide bonds. The van der Waals surface area contributed by atoms with E-state index in [-0.39, 0.29) is 0 Å². The molecule has 0 aliphatic rings. The number of hydrogen-bond acceptors (Lipinski definition) is 3. The van der Waals surface area contributed by atoms with Gasteiger partial charge in [-0.3, -0.25) is 0 Å². The molecule has 13 aromatic carbocycles. The Kier molecular flexibility index (Phi) is 12.8. The summed E-state index contributed by atoms with van der Waals surface area (Å²) in [4.78, 5) is 6.10. The Bertz CT molecular complexity index is 4290. The van der Waals surface area contributed by atoms with Gasteiger partial charge in [0.2, 0.25) is 0 Å². The van der Waals surface area contributed by atoms with Gasteiger partial charge in [-0.2, -0.15) is 0 Å². The Morgan fingerprint density at radius 2 is 0.628 bits per heavy atom. The molecule has 0 radical (unpaired) electrons. The van der Waals surface area contributed by atoms with E-state index in [1.807, 2.05) is 0 Å². The van der Waals surface area contributed by atoms with E-state index < -0.39 is 8.07 Å². The number of anilines is 6. The highest BCUT2D eigenvalue weighted by molar-refractivity contribution is 7.98. The molecule has 0 spiro atoms. The van der Waals surface area contributed by atoms with Crippen LogP contribution in [0.1, 0.15) is 0 Å². The van der Waals surface area contributed by atoms with Crippen LogP contribution < -0.4 is 15.0 Å². The van der Waals surface area contributed by atoms with E-state index in [0.717, 1.165) is 34.1 Å². The summed E-state index contributed by atoms with van der Waals surface area (Å²) >= 11 is 1.76. The SMILES string of the molecule is CSc1ccc(N(c2ccc(-c3ccccc3)cc2)c2ccc3c(-c4cccc5ccccc45)c4cc(N(c5ccc(-c6ccccc6)cc5)c5ccc([Si](C)(C)C)cc5)ccc4c(-c4cccc5ccccc45)c3c2)cc1. The molecule has 13 rings (SSSR count). The van der Waals surface area contributed by atoms with Gasteiger partial charge in [-0.05, 0) is 179 Å². The topological polar surface area (TPSA) is 6.48 Å². The van der Waals surface area contributed by atoms with E-state index in [1.165, 1.54) is 97.7 Å². The molecular weight excluding hydrogens is 977 g/mol. The molecule has 0 unspecified atom stereocenters. The smallest absolute Gasteiger partial charge is 0.0775 e. The van der Waals surface area contributed by atoms with Gasteiger partial charge in [-0.15, -0.1) is 11.8 Å². The molecule has 0 bridgehead atoms. The van der Waals surface area contributed by atoms with E-state index in [0.29, 0.717) is 0 Å². The zero-order chi connectivity index (χ0) is 52.7. The Morgan fingerprint density at radius 3 is 1.04 bits per heavy atom. The first-order valence-corrected chi connectivity index (χ1v) is 31.7. The zero-order valence-electron chi connectivity index (χ0n) is 44.4. The Hall–Kier alpha value is -8.93. The summed E-state index contributed by atoms with van der Waals surface area (Å²) in [5.41, 5.74) is 16.2. The third-order valence-corrected chi connectivity index (χ3v) is 18.3. The molecule has 0 heterocycles. The summed E-state index contributed by atoms with van der Waals surface area (Å²) < 4.78 is 0. The van der Waals surface area contributed by atoms with Gasteiger partial charge in [0.05, 0.1) is 8.07 Å². The largest absolute Gasteiger partial charge is 0.310 e. The van der Waals surface area contributed by atoms with Crippen molar-refractivity contribution in [3.8, 4) is 44.5 Å². The Morgan fingerprint density at radius 1 is 0.282 bits per heavy atom. The molecule has 0 atom stereocenters. The predicted octanol–water partition coefficient (Wildman–Crippen LogP) is 21.2. The fourth-order valence-corrected chi connectivity index (χ4v) is 13.1. The highest BCUT2D eigenvalue weighted by Crippen LogP contribution is 2.50. The minimum Gasteiger partial charge on any atom is -0.310 e. The molecule has 0 aromatic heterocycles. The normalized spacial score (nSPS) is 11.6. The van der Waals surface area contributed by atoms with Crippen LogP contribution in [0.5, 0.6) is 0 Å². The molecule has 78 heavy (non-hydrogen) atoms. The van der Waals surface area contributed by atoms with Gasteiger partial charge in [-0.1, -0.05) is 219 Å². The number of fused-ring (bicyclic) bond motifs is 4. The van der Waals surface area contributed by atoms with Crippen molar-refractivity contribution in [3.63, 3.8) is 0 Å². The molecule has 0 aliphatic carbocycles. The average molecular weight is 1040 g/mol. The predicted molar refractivity (Wildman–Crippen MR) is 342 cm³/mol. The number of hydrogen-bond donors (Lipinski definition) is 0. The summed E-state index contributed by atoms with van der Waals surface area (Å²) in [5, 5.41) is 11.1. The van der Waals surface area contributed by atoms with E-state index >= 15 is 0 Å². The van der Waals surface area contributed by atoms with Crippen molar-refractivity contribution in [2.24, 2.45) is 0 Å². The van der Waals surface area contributed by atoms with Crippen LogP contribution in [0.25, 0.3) is 87.6 Å².